The van der Waals surface area contributed by atoms with E-state index < -0.39 is 10.2 Å². The fourth-order valence-electron chi connectivity index (χ4n) is 0. The van der Waals surface area contributed by atoms with E-state index in [4.69, 9.17) is 30.6 Å². The predicted octanol–water partition coefficient (Wildman–Crippen LogP) is -9.68. The van der Waals surface area contributed by atoms with Gasteiger partial charge in [0.15, 0.2) is 0 Å². The minimum atomic E-state index is -1.50. The van der Waals surface area contributed by atoms with Gasteiger partial charge in [-0.1, -0.05) is 0 Å². The van der Waals surface area contributed by atoms with Crippen molar-refractivity contribution in [2.45, 2.75) is 0 Å². The summed E-state index contributed by atoms with van der Waals surface area (Å²) in [6, 6.07) is 0. The maximum atomic E-state index is 8.36. The molecule has 2 N–H and O–H groups in total. The molecular formula is H2K3N2O6+3. The van der Waals surface area contributed by atoms with Crippen LogP contribution in [0.1, 0.15) is 0 Å². The van der Waals surface area contributed by atoms with Gasteiger partial charge in [-0.25, -0.2) is 0 Å². The van der Waals surface area contributed by atoms with Crippen LogP contribution in [-0.2, 0) is 0 Å². The molecule has 0 spiro atoms. The van der Waals surface area contributed by atoms with Gasteiger partial charge in [-0.3, -0.25) is 0 Å². The summed E-state index contributed by atoms with van der Waals surface area (Å²) >= 11 is 0. The van der Waals surface area contributed by atoms with E-state index in [1.165, 1.54) is 0 Å². The van der Waals surface area contributed by atoms with Gasteiger partial charge in [0.25, 0.3) is 10.2 Å². The van der Waals surface area contributed by atoms with E-state index in [1.807, 2.05) is 0 Å². The quantitative estimate of drug-likeness (QED) is 0.247. The molecule has 0 rings (SSSR count). The van der Waals surface area contributed by atoms with Gasteiger partial charge < -0.3 is 10.4 Å². The van der Waals surface area contributed by atoms with Gasteiger partial charge >= 0.3 is 154 Å². The van der Waals surface area contributed by atoms with Crippen molar-refractivity contribution in [3.8, 4) is 0 Å². The van der Waals surface area contributed by atoms with Crippen molar-refractivity contribution < 1.29 is 175 Å². The van der Waals surface area contributed by atoms with Crippen LogP contribution in [0, 0.1) is 20.2 Å². The van der Waals surface area contributed by atoms with E-state index >= 15 is 0 Å². The van der Waals surface area contributed by atoms with Gasteiger partial charge in [-0.2, -0.15) is 0 Å². The molecule has 0 bridgehead atoms. The van der Waals surface area contributed by atoms with Gasteiger partial charge in [0.1, 0.15) is 0 Å². The summed E-state index contributed by atoms with van der Waals surface area (Å²) in [6.07, 6.45) is 0. The molecular weight excluding hydrogens is 241 g/mol. The third kappa shape index (κ3) is 155. The number of nitrogens with zero attached hydrogens (tertiary/aromatic N) is 2. The Bertz CT molecular complexity index is 73.8. The SMILES string of the molecule is O=[N+]([O-])O.O=[N+]([O-])O.[K+].[K+].[K+]. The van der Waals surface area contributed by atoms with Crippen LogP contribution in [0.4, 0.5) is 0 Å². The number of hydrogen-bond acceptors (Lipinski definition) is 4. The summed E-state index contributed by atoms with van der Waals surface area (Å²) in [7, 11) is 0. The zero-order chi connectivity index (χ0) is 7.15. The molecule has 0 amide bonds. The Morgan fingerprint density at radius 3 is 0.818 bits per heavy atom. The Morgan fingerprint density at radius 1 is 0.818 bits per heavy atom. The molecule has 0 aliphatic carbocycles. The van der Waals surface area contributed by atoms with Crippen LogP contribution >= 0.6 is 0 Å². The fraction of sp³-hybridized carbons (Fsp3) is 0. The van der Waals surface area contributed by atoms with Crippen molar-refractivity contribution in [2.24, 2.45) is 0 Å². The van der Waals surface area contributed by atoms with E-state index in [-0.39, 0.29) is 154 Å². The summed E-state index contributed by atoms with van der Waals surface area (Å²) in [4.78, 5) is 16.7. The first kappa shape index (κ1) is 29.2. The molecule has 0 atom stereocenters. The molecule has 0 aliphatic rings. The van der Waals surface area contributed by atoms with Crippen LogP contribution in [-0.4, -0.2) is 20.6 Å². The van der Waals surface area contributed by atoms with Crippen molar-refractivity contribution in [1.82, 2.24) is 0 Å². The number of rotatable bonds is 0. The molecule has 0 aliphatic heterocycles. The summed E-state index contributed by atoms with van der Waals surface area (Å²) in [5.41, 5.74) is 0. The van der Waals surface area contributed by atoms with Crippen LogP contribution in [0.15, 0.2) is 0 Å². The molecule has 0 fully saturated rings. The largest absolute Gasteiger partial charge is 1.00 e. The van der Waals surface area contributed by atoms with Gasteiger partial charge in [0.2, 0.25) is 0 Å². The summed E-state index contributed by atoms with van der Waals surface area (Å²) < 4.78 is 0. The Kier molecular flexibility index (Phi) is 61.9. The Labute approximate surface area is 189 Å². The Hall–Kier alpha value is 3.31. The Balaban J connectivity index is -0.0000000171. The maximum Gasteiger partial charge on any atom is 1.00 e. The average molecular weight is 243 g/mol. The smallest absolute Gasteiger partial charge is 0.328 e. The van der Waals surface area contributed by atoms with Gasteiger partial charge in [-0.15, -0.1) is 20.2 Å². The molecule has 8 nitrogen and oxygen atoms in total. The van der Waals surface area contributed by atoms with Crippen LogP contribution in [0.3, 0.4) is 0 Å². The average Bonchev–Trinajstić information content (AvgIpc) is 1.25. The first-order valence-corrected chi connectivity index (χ1v) is 1.13. The number of hydrogen-bond donors (Lipinski definition) is 2. The first-order chi connectivity index (χ1) is 3.46. The van der Waals surface area contributed by atoms with E-state index in [1.54, 1.807) is 0 Å². The molecule has 48 valence electrons. The molecule has 0 unspecified atom stereocenters. The Morgan fingerprint density at radius 2 is 0.818 bits per heavy atom. The maximum absolute atomic E-state index is 8.36. The van der Waals surface area contributed by atoms with Crippen molar-refractivity contribution in [3.05, 3.63) is 20.2 Å². The zero-order valence-corrected chi connectivity index (χ0v) is 15.8. The second-order valence-electron chi connectivity index (χ2n) is 0.476. The van der Waals surface area contributed by atoms with E-state index in [0.29, 0.717) is 0 Å². The van der Waals surface area contributed by atoms with Crippen LogP contribution in [0.25, 0.3) is 0 Å². The van der Waals surface area contributed by atoms with E-state index in [0.717, 1.165) is 0 Å². The zero-order valence-electron chi connectivity index (χ0n) is 6.42. The summed E-state index contributed by atoms with van der Waals surface area (Å²) in [6.45, 7) is 0. The van der Waals surface area contributed by atoms with E-state index in [9.17, 15) is 0 Å². The molecule has 0 aromatic rings. The molecule has 0 heterocycles. The minimum Gasteiger partial charge on any atom is -0.328 e. The second kappa shape index (κ2) is 23.3. The molecule has 0 saturated heterocycles. The molecule has 0 aromatic carbocycles. The third-order valence-electron chi connectivity index (χ3n) is 0. The summed E-state index contributed by atoms with van der Waals surface area (Å²) in [5.74, 6) is 0. The van der Waals surface area contributed by atoms with Crippen molar-refractivity contribution in [3.63, 3.8) is 0 Å². The predicted molar refractivity (Wildman–Crippen MR) is 17.6 cm³/mol. The van der Waals surface area contributed by atoms with Gasteiger partial charge in [0, 0.05) is 0 Å². The normalized spacial score (nSPS) is 4.36. The molecule has 0 saturated carbocycles. The van der Waals surface area contributed by atoms with Crippen molar-refractivity contribution in [1.29, 1.82) is 0 Å². The topological polar surface area (TPSA) is 127 Å². The van der Waals surface area contributed by atoms with Crippen LogP contribution in [0.5, 0.6) is 0 Å². The first-order valence-electron chi connectivity index (χ1n) is 1.13. The second-order valence-corrected chi connectivity index (χ2v) is 0.476. The minimum absolute atomic E-state index is 0. The molecule has 11 heteroatoms. The molecule has 0 aromatic heterocycles. The molecule has 0 radical (unpaired) electrons. The van der Waals surface area contributed by atoms with Gasteiger partial charge in [0.05, 0.1) is 0 Å². The van der Waals surface area contributed by atoms with E-state index in [2.05, 4.69) is 0 Å². The van der Waals surface area contributed by atoms with Crippen molar-refractivity contribution in [2.75, 3.05) is 0 Å². The fourth-order valence-corrected chi connectivity index (χ4v) is 0. The van der Waals surface area contributed by atoms with Crippen LogP contribution < -0.4 is 154 Å². The summed E-state index contributed by atoms with van der Waals surface area (Å²) in [5, 5.41) is 27.3. The van der Waals surface area contributed by atoms with Gasteiger partial charge in [-0.05, 0) is 0 Å². The molecule has 11 heavy (non-hydrogen) atoms. The monoisotopic (exact) mass is 243 g/mol. The van der Waals surface area contributed by atoms with Crippen LogP contribution in [0.2, 0.25) is 0 Å². The standard InChI is InChI=1S/3K.2HNO3/c;;;2*2-1(3)4/h;;;2*(H,2,3,4)/q3*+1;;. The third-order valence-corrected chi connectivity index (χ3v) is 0. The van der Waals surface area contributed by atoms with Crippen molar-refractivity contribution >= 4 is 0 Å².